The van der Waals surface area contributed by atoms with Crippen LogP contribution in [0.2, 0.25) is 5.22 Å². The Bertz CT molecular complexity index is 471. The number of nitrogens with zero attached hydrogens (tertiary/aromatic N) is 1. The van der Waals surface area contributed by atoms with Gasteiger partial charge in [-0.15, -0.1) is 0 Å². The van der Waals surface area contributed by atoms with Gasteiger partial charge in [0.05, 0.1) is 24.4 Å². The van der Waals surface area contributed by atoms with Crippen molar-refractivity contribution in [3.8, 4) is 0 Å². The Morgan fingerprint density at radius 1 is 1.58 bits per heavy atom. The molecule has 19 heavy (non-hydrogen) atoms. The highest BCUT2D eigenvalue weighted by molar-refractivity contribution is 6.32. The fraction of sp³-hybridized carbons (Fsp3) is 0.538. The Hall–Kier alpha value is -1.49. The number of rotatable bonds is 3. The first-order chi connectivity index (χ1) is 9.13. The lowest BCUT2D eigenvalue weighted by atomic mass is 9.98. The van der Waals surface area contributed by atoms with Crippen molar-refractivity contribution in [3.63, 3.8) is 0 Å². The summed E-state index contributed by atoms with van der Waals surface area (Å²) in [6.45, 7) is 3.13. The summed E-state index contributed by atoms with van der Waals surface area (Å²) in [5.74, 6) is -0.686. The zero-order valence-electron chi connectivity index (χ0n) is 10.7. The summed E-state index contributed by atoms with van der Waals surface area (Å²) in [4.78, 5) is 25.6. The molecule has 1 fully saturated rings. The molecule has 0 aromatic carbocycles. The molecule has 2 rings (SSSR count). The molecule has 104 valence electrons. The first kappa shape index (κ1) is 13.9. The third-order valence-electron chi connectivity index (χ3n) is 3.18. The van der Waals surface area contributed by atoms with Crippen molar-refractivity contribution in [1.29, 1.82) is 0 Å². The molecule has 1 aliphatic rings. The van der Waals surface area contributed by atoms with E-state index in [0.29, 0.717) is 25.3 Å². The van der Waals surface area contributed by atoms with Crippen LogP contribution in [-0.2, 0) is 9.53 Å². The van der Waals surface area contributed by atoms with Gasteiger partial charge in [0.2, 0.25) is 5.22 Å². The van der Waals surface area contributed by atoms with E-state index in [-0.39, 0.29) is 23.0 Å². The van der Waals surface area contributed by atoms with E-state index < -0.39 is 0 Å². The number of hydrogen-bond acceptors (Lipinski definition) is 4. The number of likely N-dealkylation sites (tertiary alicyclic amines) is 1. The number of carbonyl (C=O) groups excluding carboxylic acids is 2. The highest BCUT2D eigenvalue weighted by Crippen LogP contribution is 2.23. The summed E-state index contributed by atoms with van der Waals surface area (Å²) in [5, 5.41) is 0.0864. The maximum atomic E-state index is 12.2. The molecule has 0 spiro atoms. The van der Waals surface area contributed by atoms with Crippen LogP contribution in [0.3, 0.4) is 0 Å². The second-order valence-corrected chi connectivity index (χ2v) is 4.79. The monoisotopic (exact) mass is 285 g/mol. The second kappa shape index (κ2) is 6.10. The summed E-state index contributed by atoms with van der Waals surface area (Å²) < 4.78 is 9.92. The van der Waals surface area contributed by atoms with Gasteiger partial charge in [-0.25, -0.2) is 0 Å². The molecule has 0 saturated carbocycles. The van der Waals surface area contributed by atoms with Gasteiger partial charge in [-0.3, -0.25) is 9.59 Å². The molecular weight excluding hydrogens is 270 g/mol. The van der Waals surface area contributed by atoms with Crippen molar-refractivity contribution in [2.75, 3.05) is 19.7 Å². The Morgan fingerprint density at radius 2 is 2.37 bits per heavy atom. The van der Waals surface area contributed by atoms with Gasteiger partial charge in [0.15, 0.2) is 0 Å². The Morgan fingerprint density at radius 3 is 3.00 bits per heavy atom. The van der Waals surface area contributed by atoms with E-state index in [1.54, 1.807) is 17.9 Å². The molecule has 1 unspecified atom stereocenters. The molecule has 1 atom stereocenters. The van der Waals surface area contributed by atoms with Crippen LogP contribution in [0.1, 0.15) is 30.1 Å². The van der Waals surface area contributed by atoms with E-state index in [9.17, 15) is 9.59 Å². The highest BCUT2D eigenvalue weighted by atomic mass is 35.5. The van der Waals surface area contributed by atoms with Crippen molar-refractivity contribution in [2.24, 2.45) is 5.92 Å². The van der Waals surface area contributed by atoms with Crippen LogP contribution >= 0.6 is 11.6 Å². The number of furan rings is 1. The lowest BCUT2D eigenvalue weighted by Crippen LogP contribution is -2.42. The quantitative estimate of drug-likeness (QED) is 0.800. The molecule has 0 radical (unpaired) electrons. The smallest absolute Gasteiger partial charge is 0.310 e. The minimum Gasteiger partial charge on any atom is -0.466 e. The SMILES string of the molecule is CCOC(=O)C1CCCN(C(=O)c2ccoc2Cl)C1. The third kappa shape index (κ3) is 3.10. The number of ether oxygens (including phenoxy) is 1. The van der Waals surface area contributed by atoms with Gasteiger partial charge in [0.1, 0.15) is 0 Å². The lowest BCUT2D eigenvalue weighted by molar-refractivity contribution is -0.149. The molecule has 0 N–H and O–H groups in total. The fourth-order valence-electron chi connectivity index (χ4n) is 2.23. The summed E-state index contributed by atoms with van der Waals surface area (Å²) in [5.41, 5.74) is 0.339. The van der Waals surface area contributed by atoms with Gasteiger partial charge in [-0.1, -0.05) is 0 Å². The van der Waals surface area contributed by atoms with Gasteiger partial charge in [0.25, 0.3) is 5.91 Å². The van der Waals surface area contributed by atoms with Crippen LogP contribution in [0.25, 0.3) is 0 Å². The maximum absolute atomic E-state index is 12.2. The van der Waals surface area contributed by atoms with Crippen LogP contribution in [0, 0.1) is 5.92 Å². The molecule has 1 aromatic heterocycles. The molecule has 5 nitrogen and oxygen atoms in total. The minimum absolute atomic E-state index is 0.0864. The highest BCUT2D eigenvalue weighted by Gasteiger charge is 2.30. The standard InChI is InChI=1S/C13H16ClNO4/c1-2-18-13(17)9-4-3-6-15(8-9)12(16)10-5-7-19-11(10)14/h5,7,9H,2-4,6,8H2,1H3. The van der Waals surface area contributed by atoms with Crippen molar-refractivity contribution in [2.45, 2.75) is 19.8 Å². The van der Waals surface area contributed by atoms with Crippen LogP contribution in [0.5, 0.6) is 0 Å². The number of halogens is 1. The predicted molar refractivity (Wildman–Crippen MR) is 69.0 cm³/mol. The molecule has 1 amide bonds. The summed E-state index contributed by atoms with van der Waals surface area (Å²) in [6.07, 6.45) is 2.91. The number of esters is 1. The average molecular weight is 286 g/mol. The van der Waals surface area contributed by atoms with Crippen LogP contribution in [0.15, 0.2) is 16.7 Å². The number of hydrogen-bond donors (Lipinski definition) is 0. The zero-order valence-corrected chi connectivity index (χ0v) is 11.5. The van der Waals surface area contributed by atoms with Crippen LogP contribution in [0.4, 0.5) is 0 Å². The second-order valence-electron chi connectivity index (χ2n) is 4.45. The fourth-order valence-corrected chi connectivity index (χ4v) is 2.43. The van der Waals surface area contributed by atoms with E-state index in [0.717, 1.165) is 12.8 Å². The molecule has 1 aromatic rings. The van der Waals surface area contributed by atoms with Crippen LogP contribution < -0.4 is 0 Å². The van der Waals surface area contributed by atoms with Gasteiger partial charge < -0.3 is 14.1 Å². The molecule has 0 aliphatic carbocycles. The summed E-state index contributed by atoms with van der Waals surface area (Å²) >= 11 is 5.80. The third-order valence-corrected chi connectivity index (χ3v) is 3.47. The molecular formula is C13H16ClNO4. The minimum atomic E-state index is -0.247. The first-order valence-corrected chi connectivity index (χ1v) is 6.70. The van der Waals surface area contributed by atoms with E-state index in [2.05, 4.69) is 0 Å². The Labute approximate surface area is 116 Å². The molecule has 2 heterocycles. The normalized spacial score (nSPS) is 19.3. The first-order valence-electron chi connectivity index (χ1n) is 6.32. The summed E-state index contributed by atoms with van der Waals surface area (Å²) in [7, 11) is 0. The zero-order chi connectivity index (χ0) is 13.8. The van der Waals surface area contributed by atoms with Crippen molar-refractivity contribution in [1.82, 2.24) is 4.90 Å². The topological polar surface area (TPSA) is 59.8 Å². The van der Waals surface area contributed by atoms with E-state index in [1.165, 1.54) is 6.26 Å². The average Bonchev–Trinajstić information content (AvgIpc) is 2.84. The van der Waals surface area contributed by atoms with E-state index in [1.807, 2.05) is 0 Å². The molecule has 1 aliphatic heterocycles. The number of piperidine rings is 1. The summed E-state index contributed by atoms with van der Waals surface area (Å²) in [6, 6.07) is 1.54. The Kier molecular flexibility index (Phi) is 4.47. The molecule has 1 saturated heterocycles. The lowest BCUT2D eigenvalue weighted by Gasteiger charge is -2.31. The van der Waals surface area contributed by atoms with E-state index >= 15 is 0 Å². The molecule has 0 bridgehead atoms. The van der Waals surface area contributed by atoms with Crippen molar-refractivity contribution >= 4 is 23.5 Å². The Balaban J connectivity index is 2.03. The predicted octanol–water partition coefficient (Wildman–Crippen LogP) is 2.35. The molecule has 6 heteroatoms. The van der Waals surface area contributed by atoms with Gasteiger partial charge in [0, 0.05) is 13.1 Å². The van der Waals surface area contributed by atoms with Gasteiger partial charge in [-0.2, -0.15) is 0 Å². The van der Waals surface area contributed by atoms with Gasteiger partial charge in [-0.05, 0) is 37.4 Å². The van der Waals surface area contributed by atoms with Gasteiger partial charge >= 0.3 is 5.97 Å². The number of amides is 1. The van der Waals surface area contributed by atoms with Crippen molar-refractivity contribution < 1.29 is 18.7 Å². The van der Waals surface area contributed by atoms with E-state index in [4.69, 9.17) is 20.8 Å². The van der Waals surface area contributed by atoms with Crippen molar-refractivity contribution in [3.05, 3.63) is 23.1 Å². The number of carbonyl (C=O) groups is 2. The largest absolute Gasteiger partial charge is 0.466 e. The maximum Gasteiger partial charge on any atom is 0.310 e. The van der Waals surface area contributed by atoms with Crippen LogP contribution in [-0.4, -0.2) is 36.5 Å².